The lowest BCUT2D eigenvalue weighted by atomic mass is 9.89. The third kappa shape index (κ3) is 3.53. The number of likely N-dealkylation sites (tertiary alicyclic amines) is 1. The highest BCUT2D eigenvalue weighted by Gasteiger charge is 2.43. The quantitative estimate of drug-likeness (QED) is 0.673. The summed E-state index contributed by atoms with van der Waals surface area (Å²) in [5.41, 5.74) is 4.33. The van der Waals surface area contributed by atoms with Crippen LogP contribution < -0.4 is 10.2 Å². The Morgan fingerprint density at radius 2 is 1.96 bits per heavy atom. The summed E-state index contributed by atoms with van der Waals surface area (Å²) < 4.78 is 0.944. The van der Waals surface area contributed by atoms with Crippen molar-refractivity contribution in [3.05, 3.63) is 63.6 Å². The van der Waals surface area contributed by atoms with Crippen LogP contribution in [0, 0.1) is 6.92 Å². The Bertz CT molecular complexity index is 899. The lowest BCUT2D eigenvalue weighted by molar-refractivity contribution is 0.0977. The molecule has 2 aromatic rings. The van der Waals surface area contributed by atoms with E-state index in [0.717, 1.165) is 29.7 Å². The number of fused-ring (bicyclic) bond motifs is 3. The van der Waals surface area contributed by atoms with Crippen LogP contribution in [0.4, 0.5) is 5.69 Å². The largest absolute Gasteiger partial charge is 0.315 e. The zero-order chi connectivity index (χ0) is 19.1. The number of benzene rings is 2. The zero-order valence-electron chi connectivity index (χ0n) is 15.4. The van der Waals surface area contributed by atoms with Crippen LogP contribution in [0.1, 0.15) is 33.8 Å². The molecular formula is C21H22BrN3OS. The van der Waals surface area contributed by atoms with E-state index in [1.165, 1.54) is 11.1 Å². The molecule has 1 N–H and O–H groups in total. The van der Waals surface area contributed by atoms with Crippen molar-refractivity contribution in [2.75, 3.05) is 25.0 Å². The standard InChI is InChI=1S/C21H22BrN3OS/c1-13-3-8-18-16(11-13)17-12-24(2)10-9-19(17)25(18)21(27)23-20(26)14-4-6-15(22)7-5-14/h3-8,11,17,19H,9-10,12H2,1-2H3,(H,23,26,27)/t17-,19+/m0/s1. The molecule has 4 nitrogen and oxygen atoms in total. The van der Waals surface area contributed by atoms with Crippen LogP contribution in [0.15, 0.2) is 46.9 Å². The smallest absolute Gasteiger partial charge is 0.257 e. The highest BCUT2D eigenvalue weighted by atomic mass is 79.9. The molecular weight excluding hydrogens is 422 g/mol. The van der Waals surface area contributed by atoms with Gasteiger partial charge in [-0.1, -0.05) is 33.6 Å². The van der Waals surface area contributed by atoms with Crippen molar-refractivity contribution >= 4 is 44.9 Å². The first kappa shape index (κ1) is 18.6. The van der Waals surface area contributed by atoms with E-state index in [-0.39, 0.29) is 5.91 Å². The van der Waals surface area contributed by atoms with Gasteiger partial charge in [0.25, 0.3) is 5.91 Å². The van der Waals surface area contributed by atoms with Crippen LogP contribution in [-0.4, -0.2) is 42.1 Å². The molecule has 6 heteroatoms. The lowest BCUT2D eigenvalue weighted by Crippen LogP contribution is -2.51. The number of halogens is 1. The highest BCUT2D eigenvalue weighted by molar-refractivity contribution is 9.10. The number of thiocarbonyl (C=S) groups is 1. The molecule has 0 aliphatic carbocycles. The molecule has 27 heavy (non-hydrogen) atoms. The molecule has 140 valence electrons. The number of nitrogens with one attached hydrogen (secondary N) is 1. The van der Waals surface area contributed by atoms with Crippen molar-refractivity contribution in [3.63, 3.8) is 0 Å². The molecule has 4 rings (SSSR count). The van der Waals surface area contributed by atoms with E-state index in [0.29, 0.717) is 22.6 Å². The number of rotatable bonds is 1. The van der Waals surface area contributed by atoms with Crippen molar-refractivity contribution in [1.29, 1.82) is 0 Å². The first-order valence-electron chi connectivity index (χ1n) is 9.13. The Labute approximate surface area is 173 Å². The number of amides is 1. The Morgan fingerprint density at radius 1 is 1.22 bits per heavy atom. The van der Waals surface area contributed by atoms with Crippen molar-refractivity contribution in [1.82, 2.24) is 10.2 Å². The van der Waals surface area contributed by atoms with E-state index >= 15 is 0 Å². The van der Waals surface area contributed by atoms with Gasteiger partial charge in [0, 0.05) is 34.2 Å². The molecule has 0 radical (unpaired) electrons. The van der Waals surface area contributed by atoms with Gasteiger partial charge in [0.15, 0.2) is 5.11 Å². The second kappa shape index (κ2) is 7.34. The van der Waals surface area contributed by atoms with E-state index in [4.69, 9.17) is 12.2 Å². The minimum absolute atomic E-state index is 0.169. The average molecular weight is 444 g/mol. The van der Waals surface area contributed by atoms with Crippen LogP contribution in [-0.2, 0) is 0 Å². The first-order chi connectivity index (χ1) is 12.9. The highest BCUT2D eigenvalue weighted by Crippen LogP contribution is 2.44. The van der Waals surface area contributed by atoms with Crippen LogP contribution in [0.5, 0.6) is 0 Å². The van der Waals surface area contributed by atoms with Crippen molar-refractivity contribution in [2.24, 2.45) is 0 Å². The molecule has 0 saturated carbocycles. The summed E-state index contributed by atoms with van der Waals surface area (Å²) in [6.45, 7) is 4.17. The van der Waals surface area contributed by atoms with Crippen molar-refractivity contribution in [2.45, 2.75) is 25.3 Å². The van der Waals surface area contributed by atoms with E-state index in [2.05, 4.69) is 63.2 Å². The molecule has 1 saturated heterocycles. The second-order valence-electron chi connectivity index (χ2n) is 7.42. The van der Waals surface area contributed by atoms with Gasteiger partial charge < -0.3 is 9.80 Å². The van der Waals surface area contributed by atoms with Gasteiger partial charge >= 0.3 is 0 Å². The van der Waals surface area contributed by atoms with Gasteiger partial charge in [-0.3, -0.25) is 10.1 Å². The van der Waals surface area contributed by atoms with Crippen molar-refractivity contribution < 1.29 is 4.79 Å². The molecule has 2 aromatic carbocycles. The van der Waals surface area contributed by atoms with Gasteiger partial charge in [0.05, 0.1) is 0 Å². The summed E-state index contributed by atoms with van der Waals surface area (Å²) >= 11 is 9.09. The van der Waals surface area contributed by atoms with Gasteiger partial charge in [-0.15, -0.1) is 0 Å². The Kier molecular flexibility index (Phi) is 5.05. The number of piperidine rings is 1. The molecule has 1 fully saturated rings. The first-order valence-corrected chi connectivity index (χ1v) is 10.3. The maximum atomic E-state index is 12.7. The average Bonchev–Trinajstić information content (AvgIpc) is 2.95. The SMILES string of the molecule is Cc1ccc2c(c1)[C@@H]1CN(C)CC[C@H]1N2C(=S)NC(=O)c1ccc(Br)cc1. The number of aryl methyl sites for hydroxylation is 1. The van der Waals surface area contributed by atoms with E-state index in [9.17, 15) is 4.79 Å². The number of carbonyl (C=O) groups excluding carboxylic acids is 1. The van der Waals surface area contributed by atoms with Crippen LogP contribution in [0.3, 0.4) is 0 Å². The van der Waals surface area contributed by atoms with Gasteiger partial charge in [0.1, 0.15) is 0 Å². The fourth-order valence-electron chi connectivity index (χ4n) is 4.18. The second-order valence-corrected chi connectivity index (χ2v) is 8.73. The van der Waals surface area contributed by atoms with Crippen LogP contribution in [0.25, 0.3) is 0 Å². The van der Waals surface area contributed by atoms with Gasteiger partial charge in [-0.2, -0.15) is 0 Å². The van der Waals surface area contributed by atoms with Crippen LogP contribution >= 0.6 is 28.1 Å². The third-order valence-corrected chi connectivity index (χ3v) is 6.33. The van der Waals surface area contributed by atoms with E-state index in [1.54, 1.807) is 12.1 Å². The molecule has 0 bridgehead atoms. The molecule has 0 spiro atoms. The monoisotopic (exact) mass is 443 g/mol. The molecule has 0 unspecified atom stereocenters. The van der Waals surface area contributed by atoms with E-state index < -0.39 is 0 Å². The molecule has 2 heterocycles. The molecule has 2 atom stereocenters. The van der Waals surface area contributed by atoms with Gasteiger partial charge in [0.2, 0.25) is 0 Å². The predicted molar refractivity (Wildman–Crippen MR) is 117 cm³/mol. The maximum Gasteiger partial charge on any atom is 0.257 e. The summed E-state index contributed by atoms with van der Waals surface area (Å²) in [5.74, 6) is 0.249. The summed E-state index contributed by atoms with van der Waals surface area (Å²) in [4.78, 5) is 17.2. The molecule has 1 amide bonds. The number of nitrogens with zero attached hydrogens (tertiary/aromatic N) is 2. The number of carbonyl (C=O) groups is 1. The fraction of sp³-hybridized carbons (Fsp3) is 0.333. The number of anilines is 1. The van der Waals surface area contributed by atoms with Gasteiger partial charge in [-0.25, -0.2) is 0 Å². The number of hydrogen-bond donors (Lipinski definition) is 1. The zero-order valence-corrected chi connectivity index (χ0v) is 17.8. The predicted octanol–water partition coefficient (Wildman–Crippen LogP) is 4.08. The van der Waals surface area contributed by atoms with Crippen LogP contribution in [0.2, 0.25) is 0 Å². The normalized spacial score (nSPS) is 21.5. The number of likely N-dealkylation sites (N-methyl/N-ethyl adjacent to an activating group) is 1. The maximum absolute atomic E-state index is 12.7. The Hall–Kier alpha value is -1.76. The van der Waals surface area contributed by atoms with E-state index in [1.807, 2.05) is 12.1 Å². The molecule has 2 aliphatic rings. The van der Waals surface area contributed by atoms with Gasteiger partial charge in [-0.05, 0) is 75.1 Å². The summed E-state index contributed by atoms with van der Waals surface area (Å²) in [5, 5.41) is 3.44. The van der Waals surface area contributed by atoms with Crippen molar-refractivity contribution in [3.8, 4) is 0 Å². The minimum atomic E-state index is -0.169. The topological polar surface area (TPSA) is 35.6 Å². The molecule has 2 aliphatic heterocycles. The summed E-state index contributed by atoms with van der Waals surface area (Å²) in [6, 6.07) is 14.1. The third-order valence-electron chi connectivity index (χ3n) is 5.50. The Balaban J connectivity index is 1.61. The summed E-state index contributed by atoms with van der Waals surface area (Å²) in [6.07, 6.45) is 1.03. The molecule has 0 aromatic heterocycles. The number of hydrogen-bond acceptors (Lipinski definition) is 3. The Morgan fingerprint density at radius 3 is 2.70 bits per heavy atom. The fourth-order valence-corrected chi connectivity index (χ4v) is 4.77. The minimum Gasteiger partial charge on any atom is -0.315 e. The lowest BCUT2D eigenvalue weighted by Gasteiger charge is -2.37. The summed E-state index contributed by atoms with van der Waals surface area (Å²) in [7, 11) is 2.17.